The van der Waals surface area contributed by atoms with Crippen LogP contribution in [0, 0.1) is 0 Å². The molecule has 3 N–H and O–H groups in total. The molecule has 4 heteroatoms. The summed E-state index contributed by atoms with van der Waals surface area (Å²) in [5, 5.41) is 9.26. The third-order valence-corrected chi connectivity index (χ3v) is 3.64. The SMILES string of the molecule is CC1CN(CC(CN)c2ccccc2)CC(CO)O1. The second-order valence-electron chi connectivity index (χ2n) is 5.31. The van der Waals surface area contributed by atoms with Crippen molar-refractivity contribution in [2.45, 2.75) is 25.0 Å². The number of nitrogens with two attached hydrogens (primary N) is 1. The van der Waals surface area contributed by atoms with E-state index in [1.165, 1.54) is 5.56 Å². The first-order chi connectivity index (χ1) is 9.22. The van der Waals surface area contributed by atoms with Gasteiger partial charge in [-0.15, -0.1) is 0 Å². The van der Waals surface area contributed by atoms with E-state index in [2.05, 4.69) is 36.1 Å². The smallest absolute Gasteiger partial charge is 0.0936 e. The van der Waals surface area contributed by atoms with E-state index in [-0.39, 0.29) is 18.8 Å². The van der Waals surface area contributed by atoms with Crippen molar-refractivity contribution >= 4 is 0 Å². The maximum atomic E-state index is 9.26. The molecule has 3 atom stereocenters. The van der Waals surface area contributed by atoms with Crippen molar-refractivity contribution in [2.24, 2.45) is 5.73 Å². The molecule has 2 rings (SSSR count). The van der Waals surface area contributed by atoms with Crippen LogP contribution in [0.15, 0.2) is 30.3 Å². The zero-order valence-electron chi connectivity index (χ0n) is 11.5. The highest BCUT2D eigenvalue weighted by Gasteiger charge is 2.26. The summed E-state index contributed by atoms with van der Waals surface area (Å²) in [6, 6.07) is 10.4. The molecule has 0 saturated carbocycles. The second kappa shape index (κ2) is 7.01. The number of aliphatic hydroxyl groups is 1. The van der Waals surface area contributed by atoms with Gasteiger partial charge in [-0.2, -0.15) is 0 Å². The lowest BCUT2D eigenvalue weighted by Gasteiger charge is -2.37. The number of rotatable bonds is 5. The summed E-state index contributed by atoms with van der Waals surface area (Å²) in [7, 11) is 0. The highest BCUT2D eigenvalue weighted by molar-refractivity contribution is 5.20. The van der Waals surface area contributed by atoms with E-state index in [4.69, 9.17) is 10.5 Å². The zero-order chi connectivity index (χ0) is 13.7. The van der Waals surface area contributed by atoms with Crippen molar-refractivity contribution < 1.29 is 9.84 Å². The molecule has 1 fully saturated rings. The van der Waals surface area contributed by atoms with Gasteiger partial charge < -0.3 is 15.6 Å². The molecule has 3 unspecified atom stereocenters. The van der Waals surface area contributed by atoms with Crippen molar-refractivity contribution in [2.75, 3.05) is 32.8 Å². The molecule has 1 aliphatic heterocycles. The molecule has 0 aliphatic carbocycles. The van der Waals surface area contributed by atoms with E-state index in [0.29, 0.717) is 12.5 Å². The Morgan fingerprint density at radius 3 is 2.74 bits per heavy atom. The van der Waals surface area contributed by atoms with Gasteiger partial charge in [-0.3, -0.25) is 4.90 Å². The Kier molecular flexibility index (Phi) is 5.34. The van der Waals surface area contributed by atoms with Gasteiger partial charge in [-0.05, 0) is 12.5 Å². The normalized spacial score (nSPS) is 26.3. The standard InChI is InChI=1S/C15H24N2O2/c1-12-8-17(10-15(11-18)19-12)9-14(7-16)13-5-3-2-4-6-13/h2-6,12,14-15,18H,7-11,16H2,1H3. The third-order valence-electron chi connectivity index (χ3n) is 3.64. The Morgan fingerprint density at radius 2 is 2.11 bits per heavy atom. The fraction of sp³-hybridized carbons (Fsp3) is 0.600. The zero-order valence-corrected chi connectivity index (χ0v) is 11.5. The van der Waals surface area contributed by atoms with Gasteiger partial charge in [0.15, 0.2) is 0 Å². The largest absolute Gasteiger partial charge is 0.394 e. The molecule has 1 saturated heterocycles. The first kappa shape index (κ1) is 14.5. The summed E-state index contributed by atoms with van der Waals surface area (Å²) in [4.78, 5) is 2.35. The summed E-state index contributed by atoms with van der Waals surface area (Å²) >= 11 is 0. The van der Waals surface area contributed by atoms with Crippen LogP contribution in [-0.2, 0) is 4.74 Å². The number of hydrogen-bond donors (Lipinski definition) is 2. The minimum Gasteiger partial charge on any atom is -0.394 e. The highest BCUT2D eigenvalue weighted by Crippen LogP contribution is 2.19. The van der Waals surface area contributed by atoms with E-state index >= 15 is 0 Å². The van der Waals surface area contributed by atoms with Crippen LogP contribution >= 0.6 is 0 Å². The number of aliphatic hydroxyl groups excluding tert-OH is 1. The average Bonchev–Trinajstić information content (AvgIpc) is 2.45. The Labute approximate surface area is 115 Å². The number of nitrogens with zero attached hydrogens (tertiary/aromatic N) is 1. The van der Waals surface area contributed by atoms with Gasteiger partial charge in [0.1, 0.15) is 0 Å². The summed E-state index contributed by atoms with van der Waals surface area (Å²) < 4.78 is 5.66. The fourth-order valence-electron chi connectivity index (χ4n) is 2.74. The molecule has 0 bridgehead atoms. The molecule has 19 heavy (non-hydrogen) atoms. The van der Waals surface area contributed by atoms with Crippen LogP contribution in [0.3, 0.4) is 0 Å². The summed E-state index contributed by atoms with van der Waals surface area (Å²) in [6.07, 6.45) is 0.0954. The summed E-state index contributed by atoms with van der Waals surface area (Å²) in [5.74, 6) is 0.339. The molecule has 0 spiro atoms. The molecule has 1 aliphatic rings. The van der Waals surface area contributed by atoms with E-state index in [9.17, 15) is 5.11 Å². The molecule has 0 amide bonds. The van der Waals surface area contributed by atoms with Crippen molar-refractivity contribution in [1.29, 1.82) is 0 Å². The van der Waals surface area contributed by atoms with Crippen LogP contribution in [0.2, 0.25) is 0 Å². The molecular weight excluding hydrogens is 240 g/mol. The maximum Gasteiger partial charge on any atom is 0.0936 e. The monoisotopic (exact) mass is 264 g/mol. The highest BCUT2D eigenvalue weighted by atomic mass is 16.5. The second-order valence-corrected chi connectivity index (χ2v) is 5.31. The molecule has 106 valence electrons. The van der Waals surface area contributed by atoms with Crippen LogP contribution < -0.4 is 5.73 Å². The van der Waals surface area contributed by atoms with Gasteiger partial charge in [0.05, 0.1) is 18.8 Å². The Morgan fingerprint density at radius 1 is 1.37 bits per heavy atom. The first-order valence-electron chi connectivity index (χ1n) is 6.96. The Balaban J connectivity index is 1.98. The molecule has 0 radical (unpaired) electrons. The van der Waals surface area contributed by atoms with Crippen molar-refractivity contribution in [3.05, 3.63) is 35.9 Å². The molecule has 1 aromatic carbocycles. The summed E-state index contributed by atoms with van der Waals surface area (Å²) in [5.41, 5.74) is 7.20. The van der Waals surface area contributed by atoms with E-state index < -0.39 is 0 Å². The maximum absolute atomic E-state index is 9.26. The first-order valence-corrected chi connectivity index (χ1v) is 6.96. The van der Waals surface area contributed by atoms with Crippen LogP contribution in [0.5, 0.6) is 0 Å². The fourth-order valence-corrected chi connectivity index (χ4v) is 2.74. The molecule has 0 aromatic heterocycles. The van der Waals surface area contributed by atoms with Gasteiger partial charge in [-0.1, -0.05) is 30.3 Å². The molecular formula is C15H24N2O2. The minimum absolute atomic E-state index is 0.0713. The third kappa shape index (κ3) is 4.01. The van der Waals surface area contributed by atoms with Crippen LogP contribution in [0.4, 0.5) is 0 Å². The predicted octanol–water partition coefficient (Wildman–Crippen LogP) is 0.810. The van der Waals surface area contributed by atoms with Crippen molar-refractivity contribution in [3.8, 4) is 0 Å². The van der Waals surface area contributed by atoms with Crippen LogP contribution in [0.1, 0.15) is 18.4 Å². The van der Waals surface area contributed by atoms with Crippen LogP contribution in [-0.4, -0.2) is 55.0 Å². The van der Waals surface area contributed by atoms with Gasteiger partial charge in [0.25, 0.3) is 0 Å². The Bertz CT molecular complexity index is 372. The topological polar surface area (TPSA) is 58.7 Å². The summed E-state index contributed by atoms with van der Waals surface area (Å²) in [6.45, 7) is 5.38. The van der Waals surface area contributed by atoms with Crippen molar-refractivity contribution in [1.82, 2.24) is 4.90 Å². The predicted molar refractivity (Wildman–Crippen MR) is 76.1 cm³/mol. The minimum atomic E-state index is -0.0713. The van der Waals surface area contributed by atoms with E-state index in [1.54, 1.807) is 0 Å². The quantitative estimate of drug-likeness (QED) is 0.826. The lowest BCUT2D eigenvalue weighted by molar-refractivity contribution is -0.0960. The van der Waals surface area contributed by atoms with Crippen LogP contribution in [0.25, 0.3) is 0 Å². The van der Waals surface area contributed by atoms with Crippen molar-refractivity contribution in [3.63, 3.8) is 0 Å². The molecule has 1 heterocycles. The van der Waals surface area contributed by atoms with Gasteiger partial charge in [0.2, 0.25) is 0 Å². The number of hydrogen-bond acceptors (Lipinski definition) is 4. The van der Waals surface area contributed by atoms with Gasteiger partial charge in [0, 0.05) is 32.1 Å². The molecule has 1 aromatic rings. The average molecular weight is 264 g/mol. The number of ether oxygens (including phenoxy) is 1. The van der Waals surface area contributed by atoms with E-state index in [1.807, 2.05) is 6.07 Å². The number of benzene rings is 1. The Hall–Kier alpha value is -0.940. The lowest BCUT2D eigenvalue weighted by Crippen LogP contribution is -2.49. The van der Waals surface area contributed by atoms with E-state index in [0.717, 1.165) is 19.6 Å². The number of morpholine rings is 1. The van der Waals surface area contributed by atoms with Gasteiger partial charge in [-0.25, -0.2) is 0 Å². The van der Waals surface area contributed by atoms with Gasteiger partial charge >= 0.3 is 0 Å². The lowest BCUT2D eigenvalue weighted by atomic mass is 9.98. The molecule has 4 nitrogen and oxygen atoms in total.